The van der Waals surface area contributed by atoms with Crippen LogP contribution in [0.5, 0.6) is 0 Å². The lowest BCUT2D eigenvalue weighted by Crippen LogP contribution is -2.33. The molecule has 1 N–H and O–H groups in total. The molecule has 2 rings (SSSR count). The number of nitrogens with one attached hydrogen (secondary N) is 1. The summed E-state index contributed by atoms with van der Waals surface area (Å²) in [5.41, 5.74) is 3.14. The van der Waals surface area contributed by atoms with Crippen LogP contribution in [-0.4, -0.2) is 19.1 Å². The first kappa shape index (κ1) is 15.9. The molecular formula is C18H27N3. The minimum Gasteiger partial charge on any atom is -0.368 e. The number of anilines is 1. The Labute approximate surface area is 129 Å². The summed E-state index contributed by atoms with van der Waals surface area (Å²) in [6, 6.07) is 9.37. The van der Waals surface area contributed by atoms with Crippen LogP contribution in [0.2, 0.25) is 0 Å². The van der Waals surface area contributed by atoms with Crippen LogP contribution >= 0.6 is 0 Å². The molecule has 0 saturated heterocycles. The minimum absolute atomic E-state index is 0.617. The van der Waals surface area contributed by atoms with Crippen molar-refractivity contribution < 1.29 is 0 Å². The zero-order valence-electron chi connectivity index (χ0n) is 13.4. The van der Waals surface area contributed by atoms with Crippen LogP contribution in [0, 0.1) is 11.3 Å². The zero-order chi connectivity index (χ0) is 15.1. The molecule has 1 aliphatic carbocycles. The van der Waals surface area contributed by atoms with Crippen LogP contribution in [0.3, 0.4) is 0 Å². The van der Waals surface area contributed by atoms with Crippen molar-refractivity contribution in [3.8, 4) is 6.07 Å². The van der Waals surface area contributed by atoms with Crippen molar-refractivity contribution in [2.45, 2.75) is 58.5 Å². The standard InChI is InChI=1S/C18H27N3/c1-3-11-20-14-15-9-10-18(16(12-15)13-19)21(4-2)17-7-5-6-8-17/h9-10,12,17,20H,3-8,11,14H2,1-2H3. The predicted molar refractivity (Wildman–Crippen MR) is 88.4 cm³/mol. The van der Waals surface area contributed by atoms with Crippen molar-refractivity contribution in [1.29, 1.82) is 5.26 Å². The van der Waals surface area contributed by atoms with Gasteiger partial charge in [0.1, 0.15) is 6.07 Å². The fourth-order valence-corrected chi connectivity index (χ4v) is 3.28. The highest BCUT2D eigenvalue weighted by atomic mass is 15.2. The number of nitriles is 1. The SMILES string of the molecule is CCCNCc1ccc(N(CC)C2CCCC2)c(C#N)c1. The Morgan fingerprint density at radius 3 is 2.67 bits per heavy atom. The van der Waals surface area contributed by atoms with E-state index in [-0.39, 0.29) is 0 Å². The monoisotopic (exact) mass is 285 g/mol. The van der Waals surface area contributed by atoms with Crippen molar-refractivity contribution >= 4 is 5.69 Å². The van der Waals surface area contributed by atoms with Gasteiger partial charge in [0.15, 0.2) is 0 Å². The molecule has 1 saturated carbocycles. The topological polar surface area (TPSA) is 39.1 Å². The van der Waals surface area contributed by atoms with Crippen LogP contribution in [0.4, 0.5) is 5.69 Å². The fourth-order valence-electron chi connectivity index (χ4n) is 3.28. The van der Waals surface area contributed by atoms with Crippen LogP contribution < -0.4 is 10.2 Å². The van der Waals surface area contributed by atoms with Crippen molar-refractivity contribution in [3.05, 3.63) is 29.3 Å². The molecule has 3 heteroatoms. The first-order valence-corrected chi connectivity index (χ1v) is 8.30. The maximum Gasteiger partial charge on any atom is 0.101 e. The molecule has 0 aliphatic heterocycles. The summed E-state index contributed by atoms with van der Waals surface area (Å²) < 4.78 is 0. The second-order valence-corrected chi connectivity index (χ2v) is 5.86. The first-order valence-electron chi connectivity index (χ1n) is 8.30. The van der Waals surface area contributed by atoms with Crippen molar-refractivity contribution in [3.63, 3.8) is 0 Å². The maximum atomic E-state index is 9.50. The van der Waals surface area contributed by atoms with Crippen molar-refractivity contribution in [2.24, 2.45) is 0 Å². The molecule has 0 bridgehead atoms. The first-order chi connectivity index (χ1) is 10.3. The van der Waals surface area contributed by atoms with Gasteiger partial charge in [-0.25, -0.2) is 0 Å². The molecule has 21 heavy (non-hydrogen) atoms. The summed E-state index contributed by atoms with van der Waals surface area (Å²) in [4.78, 5) is 2.43. The minimum atomic E-state index is 0.617. The highest BCUT2D eigenvalue weighted by Crippen LogP contribution is 2.30. The van der Waals surface area contributed by atoms with Gasteiger partial charge in [-0.1, -0.05) is 25.8 Å². The molecule has 0 spiro atoms. The molecule has 0 amide bonds. The lowest BCUT2D eigenvalue weighted by Gasteiger charge is -2.31. The quantitative estimate of drug-likeness (QED) is 0.774. The third kappa shape index (κ3) is 3.98. The summed E-state index contributed by atoms with van der Waals surface area (Å²) in [5.74, 6) is 0. The second kappa shape index (κ2) is 8.05. The molecule has 1 aromatic carbocycles. The van der Waals surface area contributed by atoms with Crippen molar-refractivity contribution in [1.82, 2.24) is 5.32 Å². The molecule has 0 aromatic heterocycles. The summed E-state index contributed by atoms with van der Waals surface area (Å²) in [7, 11) is 0. The third-order valence-corrected chi connectivity index (χ3v) is 4.35. The Hall–Kier alpha value is -1.53. The van der Waals surface area contributed by atoms with Gasteiger partial charge in [0, 0.05) is 19.1 Å². The van der Waals surface area contributed by atoms with E-state index in [1.54, 1.807) is 0 Å². The molecule has 0 atom stereocenters. The van der Waals surface area contributed by atoms with E-state index < -0.39 is 0 Å². The van der Waals surface area contributed by atoms with Gasteiger partial charge in [-0.15, -0.1) is 0 Å². The second-order valence-electron chi connectivity index (χ2n) is 5.86. The van der Waals surface area contributed by atoms with E-state index in [0.717, 1.165) is 37.3 Å². The average Bonchev–Trinajstić information content (AvgIpc) is 3.03. The maximum absolute atomic E-state index is 9.50. The highest BCUT2D eigenvalue weighted by molar-refractivity contribution is 5.61. The molecule has 3 nitrogen and oxygen atoms in total. The average molecular weight is 285 g/mol. The summed E-state index contributed by atoms with van der Waals surface area (Å²) >= 11 is 0. The smallest absolute Gasteiger partial charge is 0.101 e. The molecule has 0 heterocycles. The summed E-state index contributed by atoms with van der Waals surface area (Å²) in [5, 5.41) is 12.9. The number of benzene rings is 1. The Balaban J connectivity index is 2.16. The van der Waals surface area contributed by atoms with Crippen LogP contribution in [-0.2, 0) is 6.54 Å². The van der Waals surface area contributed by atoms with Gasteiger partial charge in [-0.3, -0.25) is 0 Å². The van der Waals surface area contributed by atoms with E-state index >= 15 is 0 Å². The van der Waals surface area contributed by atoms with Gasteiger partial charge in [-0.2, -0.15) is 5.26 Å². The van der Waals surface area contributed by atoms with E-state index in [1.165, 1.54) is 31.2 Å². The normalized spacial score (nSPS) is 15.1. The molecule has 0 radical (unpaired) electrons. The van der Waals surface area contributed by atoms with Gasteiger partial charge in [-0.05, 0) is 50.4 Å². The third-order valence-electron chi connectivity index (χ3n) is 4.35. The number of hydrogen-bond donors (Lipinski definition) is 1. The zero-order valence-corrected chi connectivity index (χ0v) is 13.4. The van der Waals surface area contributed by atoms with Gasteiger partial charge in [0.25, 0.3) is 0 Å². The van der Waals surface area contributed by atoms with E-state index in [9.17, 15) is 5.26 Å². The van der Waals surface area contributed by atoms with E-state index in [4.69, 9.17) is 0 Å². The number of rotatable bonds is 7. The van der Waals surface area contributed by atoms with Gasteiger partial charge in [0.2, 0.25) is 0 Å². The van der Waals surface area contributed by atoms with E-state index in [2.05, 4.69) is 48.3 Å². The van der Waals surface area contributed by atoms with Gasteiger partial charge < -0.3 is 10.2 Å². The Morgan fingerprint density at radius 2 is 2.05 bits per heavy atom. The molecule has 1 aliphatic rings. The lowest BCUT2D eigenvalue weighted by atomic mass is 10.1. The largest absolute Gasteiger partial charge is 0.368 e. The van der Waals surface area contributed by atoms with E-state index in [0.29, 0.717) is 6.04 Å². The fraction of sp³-hybridized carbons (Fsp3) is 0.611. The summed E-state index contributed by atoms with van der Waals surface area (Å²) in [6.45, 7) is 7.20. The molecule has 1 fully saturated rings. The highest BCUT2D eigenvalue weighted by Gasteiger charge is 2.23. The van der Waals surface area contributed by atoms with Crippen LogP contribution in [0.15, 0.2) is 18.2 Å². The Bertz CT molecular complexity index is 484. The molecular weight excluding hydrogens is 258 g/mol. The van der Waals surface area contributed by atoms with Gasteiger partial charge >= 0.3 is 0 Å². The number of nitrogens with zero attached hydrogens (tertiary/aromatic N) is 2. The Kier molecular flexibility index (Phi) is 6.07. The predicted octanol–water partition coefficient (Wildman–Crippen LogP) is 3.83. The number of hydrogen-bond acceptors (Lipinski definition) is 3. The molecule has 0 unspecified atom stereocenters. The summed E-state index contributed by atoms with van der Waals surface area (Å²) in [6.07, 6.45) is 6.30. The molecule has 1 aromatic rings. The van der Waals surface area contributed by atoms with Crippen molar-refractivity contribution in [2.75, 3.05) is 18.0 Å². The van der Waals surface area contributed by atoms with Crippen LogP contribution in [0.1, 0.15) is 57.1 Å². The lowest BCUT2D eigenvalue weighted by molar-refractivity contribution is 0.619. The van der Waals surface area contributed by atoms with Gasteiger partial charge in [0.05, 0.1) is 11.3 Å². The molecule has 114 valence electrons. The van der Waals surface area contributed by atoms with E-state index in [1.807, 2.05) is 0 Å². The Morgan fingerprint density at radius 1 is 1.29 bits per heavy atom. The van der Waals surface area contributed by atoms with Crippen LogP contribution in [0.25, 0.3) is 0 Å².